The number of hydrogen-bond acceptors (Lipinski definition) is 3. The highest BCUT2D eigenvalue weighted by atomic mass is 16.4. The average molecular weight is 231 g/mol. The van der Waals surface area contributed by atoms with Crippen molar-refractivity contribution in [3.63, 3.8) is 0 Å². The van der Waals surface area contributed by atoms with Gasteiger partial charge in [-0.15, -0.1) is 0 Å². The zero-order valence-corrected chi connectivity index (χ0v) is 9.61. The van der Waals surface area contributed by atoms with Gasteiger partial charge in [0.05, 0.1) is 16.9 Å². The SMILES string of the molecule is Cc1nc2ccc(N)cc2c(C)c1NC(=O)O. The number of nitrogens with two attached hydrogens (primary N) is 1. The fourth-order valence-electron chi connectivity index (χ4n) is 1.89. The van der Waals surface area contributed by atoms with E-state index >= 15 is 0 Å². The summed E-state index contributed by atoms with van der Waals surface area (Å²) >= 11 is 0. The minimum absolute atomic E-state index is 0.524. The third kappa shape index (κ3) is 1.99. The number of nitrogen functional groups attached to an aromatic ring is 1. The summed E-state index contributed by atoms with van der Waals surface area (Å²) in [4.78, 5) is 15.1. The number of fused-ring (bicyclic) bond motifs is 1. The number of anilines is 2. The van der Waals surface area contributed by atoms with Crippen LogP contribution in [0.15, 0.2) is 18.2 Å². The van der Waals surface area contributed by atoms with Crippen LogP contribution in [0.4, 0.5) is 16.2 Å². The Morgan fingerprint density at radius 3 is 2.76 bits per heavy atom. The molecule has 1 amide bonds. The third-order valence-electron chi connectivity index (χ3n) is 2.68. The van der Waals surface area contributed by atoms with Crippen molar-refractivity contribution in [2.75, 3.05) is 11.1 Å². The van der Waals surface area contributed by atoms with Crippen LogP contribution in [-0.2, 0) is 0 Å². The van der Waals surface area contributed by atoms with Crippen molar-refractivity contribution in [1.29, 1.82) is 0 Å². The first-order valence-corrected chi connectivity index (χ1v) is 5.15. The Hall–Kier alpha value is -2.30. The highest BCUT2D eigenvalue weighted by Crippen LogP contribution is 2.28. The predicted molar refractivity (Wildman–Crippen MR) is 67.3 cm³/mol. The molecule has 5 nitrogen and oxygen atoms in total. The van der Waals surface area contributed by atoms with Crippen molar-refractivity contribution in [2.45, 2.75) is 13.8 Å². The third-order valence-corrected chi connectivity index (χ3v) is 2.68. The van der Waals surface area contributed by atoms with E-state index in [4.69, 9.17) is 10.8 Å². The molecule has 0 saturated heterocycles. The van der Waals surface area contributed by atoms with E-state index in [2.05, 4.69) is 10.3 Å². The van der Waals surface area contributed by atoms with Gasteiger partial charge in [0.25, 0.3) is 0 Å². The predicted octanol–water partition coefficient (Wildman–Crippen LogP) is 2.52. The first-order chi connectivity index (χ1) is 7.99. The zero-order chi connectivity index (χ0) is 12.6. The Kier molecular flexibility index (Phi) is 2.59. The molecule has 2 aromatic rings. The maximum atomic E-state index is 10.7. The molecule has 0 aliphatic heterocycles. The van der Waals surface area contributed by atoms with E-state index in [0.29, 0.717) is 17.1 Å². The minimum atomic E-state index is -1.10. The number of rotatable bonds is 1. The topological polar surface area (TPSA) is 88.2 Å². The van der Waals surface area contributed by atoms with Crippen molar-refractivity contribution in [3.05, 3.63) is 29.5 Å². The monoisotopic (exact) mass is 231 g/mol. The van der Waals surface area contributed by atoms with Crippen LogP contribution in [0.25, 0.3) is 10.9 Å². The number of nitrogens with one attached hydrogen (secondary N) is 1. The highest BCUT2D eigenvalue weighted by Gasteiger charge is 2.11. The van der Waals surface area contributed by atoms with Gasteiger partial charge < -0.3 is 10.8 Å². The number of aromatic nitrogens is 1. The van der Waals surface area contributed by atoms with Crippen molar-refractivity contribution >= 4 is 28.4 Å². The molecule has 0 atom stereocenters. The summed E-state index contributed by atoms with van der Waals surface area (Å²) in [7, 11) is 0. The maximum absolute atomic E-state index is 10.7. The molecule has 0 bridgehead atoms. The molecule has 0 aliphatic carbocycles. The van der Waals surface area contributed by atoms with Crippen LogP contribution in [0, 0.1) is 13.8 Å². The van der Waals surface area contributed by atoms with Crippen molar-refractivity contribution in [1.82, 2.24) is 4.98 Å². The fraction of sp³-hybridized carbons (Fsp3) is 0.167. The van der Waals surface area contributed by atoms with Gasteiger partial charge in [0.1, 0.15) is 0 Å². The number of carbonyl (C=O) groups is 1. The van der Waals surface area contributed by atoms with E-state index in [1.807, 2.05) is 13.0 Å². The average Bonchev–Trinajstić information content (AvgIpc) is 2.25. The summed E-state index contributed by atoms with van der Waals surface area (Å²) in [5.74, 6) is 0. The Labute approximate surface area is 98.3 Å². The van der Waals surface area contributed by atoms with Crippen LogP contribution in [0.3, 0.4) is 0 Å². The smallest absolute Gasteiger partial charge is 0.409 e. The Morgan fingerprint density at radius 1 is 1.41 bits per heavy atom. The van der Waals surface area contributed by atoms with E-state index in [1.165, 1.54) is 0 Å². The lowest BCUT2D eigenvalue weighted by atomic mass is 10.1. The van der Waals surface area contributed by atoms with Crippen LogP contribution in [-0.4, -0.2) is 16.2 Å². The molecule has 1 aromatic heterocycles. The molecule has 1 heterocycles. The van der Waals surface area contributed by atoms with Crippen LogP contribution in [0.1, 0.15) is 11.3 Å². The van der Waals surface area contributed by atoms with Crippen molar-refractivity contribution in [2.24, 2.45) is 0 Å². The fourth-order valence-corrected chi connectivity index (χ4v) is 1.89. The summed E-state index contributed by atoms with van der Waals surface area (Å²) in [5.41, 5.74) is 9.17. The molecule has 5 heteroatoms. The van der Waals surface area contributed by atoms with E-state index in [0.717, 1.165) is 16.5 Å². The molecular formula is C12H13N3O2. The number of hydrogen-bond donors (Lipinski definition) is 3. The largest absolute Gasteiger partial charge is 0.465 e. The van der Waals surface area contributed by atoms with Crippen molar-refractivity contribution in [3.8, 4) is 0 Å². The molecule has 17 heavy (non-hydrogen) atoms. The minimum Gasteiger partial charge on any atom is -0.465 e. The van der Waals surface area contributed by atoms with Gasteiger partial charge in [-0.2, -0.15) is 0 Å². The molecule has 0 fully saturated rings. The second-order valence-corrected chi connectivity index (χ2v) is 3.90. The molecule has 0 radical (unpaired) electrons. The molecule has 1 aromatic carbocycles. The number of pyridine rings is 1. The van der Waals surface area contributed by atoms with Crippen LogP contribution in [0.2, 0.25) is 0 Å². The highest BCUT2D eigenvalue weighted by molar-refractivity contribution is 5.94. The first-order valence-electron chi connectivity index (χ1n) is 5.15. The Morgan fingerprint density at radius 2 is 2.12 bits per heavy atom. The van der Waals surface area contributed by atoms with Crippen LogP contribution >= 0.6 is 0 Å². The summed E-state index contributed by atoms with van der Waals surface area (Å²) in [6.07, 6.45) is -1.10. The maximum Gasteiger partial charge on any atom is 0.409 e. The van der Waals surface area contributed by atoms with Gasteiger partial charge in [-0.3, -0.25) is 10.3 Å². The van der Waals surface area contributed by atoms with Gasteiger partial charge >= 0.3 is 6.09 Å². The molecule has 0 saturated carbocycles. The van der Waals surface area contributed by atoms with Crippen LogP contribution < -0.4 is 11.1 Å². The molecular weight excluding hydrogens is 218 g/mol. The lowest BCUT2D eigenvalue weighted by Gasteiger charge is -2.12. The molecule has 2 rings (SSSR count). The zero-order valence-electron chi connectivity index (χ0n) is 9.61. The Balaban J connectivity index is 2.73. The summed E-state index contributed by atoms with van der Waals surface area (Å²) in [5, 5.41) is 12.0. The number of carboxylic acid groups (broad SMARTS) is 1. The van der Waals surface area contributed by atoms with E-state index < -0.39 is 6.09 Å². The number of amides is 1. The summed E-state index contributed by atoms with van der Waals surface area (Å²) in [6.45, 7) is 3.62. The van der Waals surface area contributed by atoms with Gasteiger partial charge in [-0.25, -0.2) is 4.79 Å². The lowest BCUT2D eigenvalue weighted by Crippen LogP contribution is -2.11. The Bertz CT molecular complexity index is 608. The molecule has 88 valence electrons. The molecule has 4 N–H and O–H groups in total. The van der Waals surface area contributed by atoms with Gasteiger partial charge in [0.2, 0.25) is 0 Å². The van der Waals surface area contributed by atoms with Gasteiger partial charge in [-0.05, 0) is 37.6 Å². The normalized spacial score (nSPS) is 10.5. The first kappa shape index (κ1) is 11.2. The molecule has 0 aliphatic rings. The summed E-state index contributed by atoms with van der Waals surface area (Å²) < 4.78 is 0. The van der Waals surface area contributed by atoms with E-state index in [9.17, 15) is 4.79 Å². The molecule has 0 spiro atoms. The van der Waals surface area contributed by atoms with Gasteiger partial charge in [0.15, 0.2) is 0 Å². The second kappa shape index (κ2) is 3.93. The quantitative estimate of drug-likeness (QED) is 0.658. The van der Waals surface area contributed by atoms with Crippen molar-refractivity contribution < 1.29 is 9.90 Å². The lowest BCUT2D eigenvalue weighted by molar-refractivity contribution is 0.209. The number of benzene rings is 1. The number of nitrogens with zero attached hydrogens (tertiary/aromatic N) is 1. The molecule has 0 unspecified atom stereocenters. The standard InChI is InChI=1S/C12H13N3O2/c1-6-9-5-8(13)3-4-10(9)14-7(2)11(6)15-12(16)17/h3-5,15H,13H2,1-2H3,(H,16,17). The number of aryl methyl sites for hydroxylation is 2. The van der Waals surface area contributed by atoms with Gasteiger partial charge in [-0.1, -0.05) is 0 Å². The summed E-state index contributed by atoms with van der Waals surface area (Å²) in [6, 6.07) is 5.40. The van der Waals surface area contributed by atoms with Crippen LogP contribution in [0.5, 0.6) is 0 Å². The van der Waals surface area contributed by atoms with Gasteiger partial charge in [0, 0.05) is 11.1 Å². The van der Waals surface area contributed by atoms with E-state index in [1.54, 1.807) is 19.1 Å². The second-order valence-electron chi connectivity index (χ2n) is 3.90. The van der Waals surface area contributed by atoms with E-state index in [-0.39, 0.29) is 0 Å².